The zero-order valence-corrected chi connectivity index (χ0v) is 24.7. The summed E-state index contributed by atoms with van der Waals surface area (Å²) in [7, 11) is 1.47. The summed E-state index contributed by atoms with van der Waals surface area (Å²) in [6.45, 7) is 3.56. The van der Waals surface area contributed by atoms with Gasteiger partial charge in [0.05, 0.1) is 42.5 Å². The Labute approximate surface area is 247 Å². The minimum atomic E-state index is -1.18. The van der Waals surface area contributed by atoms with Crippen molar-refractivity contribution >= 4 is 34.4 Å². The van der Waals surface area contributed by atoms with Gasteiger partial charge in [-0.1, -0.05) is 6.08 Å². The van der Waals surface area contributed by atoms with Crippen molar-refractivity contribution in [3.8, 4) is 11.5 Å². The van der Waals surface area contributed by atoms with Gasteiger partial charge in [0.15, 0.2) is 11.5 Å². The summed E-state index contributed by atoms with van der Waals surface area (Å²) in [5, 5.41) is 33.1. The summed E-state index contributed by atoms with van der Waals surface area (Å²) in [5.74, 6) is 0.120. The number of allylic oxidation sites excluding steroid dienone is 1. The van der Waals surface area contributed by atoms with Crippen LogP contribution in [0.4, 0.5) is 0 Å². The molecule has 4 N–H and O–H groups in total. The molecule has 218 valence electrons. The van der Waals surface area contributed by atoms with Crippen LogP contribution in [0.2, 0.25) is 0 Å². The number of methoxy groups -OCH3 is 1. The number of hydrogen-bond acceptors (Lipinski definition) is 8. The van der Waals surface area contributed by atoms with Crippen LogP contribution in [-0.4, -0.2) is 70.5 Å². The summed E-state index contributed by atoms with van der Waals surface area (Å²) in [6, 6.07) is 4.34. The minimum Gasteiger partial charge on any atom is -0.493 e. The monoisotopic (exact) mass is 668 g/mol. The molecule has 1 aliphatic rings. The number of carbonyl (C=O) groups is 2. The first-order valence-corrected chi connectivity index (χ1v) is 14.2. The number of carbonyl (C=O) groups excluding carboxylic acids is 2. The van der Waals surface area contributed by atoms with Crippen LogP contribution in [0.15, 0.2) is 59.4 Å². The Balaban J connectivity index is 1.98. The number of aliphatic hydroxyl groups excluding tert-OH is 3. The molecule has 0 fully saturated rings. The number of aliphatic hydroxyl groups is 3. The summed E-state index contributed by atoms with van der Waals surface area (Å²) in [5.41, 5.74) is 1.70. The van der Waals surface area contributed by atoms with Gasteiger partial charge in [-0.05, 0) is 71.7 Å². The number of furan rings is 1. The van der Waals surface area contributed by atoms with Crippen molar-refractivity contribution in [1.29, 1.82) is 0 Å². The van der Waals surface area contributed by atoms with Crippen molar-refractivity contribution in [2.75, 3.05) is 20.3 Å². The predicted octanol–water partition coefficient (Wildman–Crippen LogP) is 3.08. The predicted molar refractivity (Wildman–Crippen MR) is 157 cm³/mol. The summed E-state index contributed by atoms with van der Waals surface area (Å²) < 4.78 is 17.6. The number of nitrogens with one attached hydrogen (secondary N) is 1. The van der Waals surface area contributed by atoms with Gasteiger partial charge >= 0.3 is 0 Å². The maximum absolute atomic E-state index is 13.5. The molecule has 0 saturated carbocycles. The van der Waals surface area contributed by atoms with Crippen LogP contribution >= 0.6 is 22.6 Å². The summed E-state index contributed by atoms with van der Waals surface area (Å²) >= 11 is 2.06. The number of rotatable bonds is 15. The van der Waals surface area contributed by atoms with Gasteiger partial charge in [-0.2, -0.15) is 0 Å². The number of halogens is 1. The molecule has 1 heterocycles. The number of nitrogens with zero attached hydrogens (tertiary/aromatic N) is 1. The Morgan fingerprint density at radius 2 is 2.08 bits per heavy atom. The van der Waals surface area contributed by atoms with E-state index >= 15 is 0 Å². The molecule has 2 aromatic rings. The Bertz CT molecular complexity index is 1170. The van der Waals surface area contributed by atoms with E-state index in [1.165, 1.54) is 13.4 Å². The molecule has 0 bridgehead atoms. The highest BCUT2D eigenvalue weighted by Gasteiger charge is 2.41. The second-order valence-electron chi connectivity index (χ2n) is 9.47. The molecule has 0 aliphatic heterocycles. The quantitative estimate of drug-likeness (QED) is 0.129. The van der Waals surface area contributed by atoms with Crippen molar-refractivity contribution in [2.45, 2.75) is 63.5 Å². The zero-order valence-electron chi connectivity index (χ0n) is 22.6. The minimum absolute atomic E-state index is 0.0598. The van der Waals surface area contributed by atoms with Crippen LogP contribution in [0.3, 0.4) is 0 Å². The van der Waals surface area contributed by atoms with Crippen LogP contribution in [-0.2, 0) is 22.7 Å². The van der Waals surface area contributed by atoms with Crippen LogP contribution < -0.4 is 14.8 Å². The fourth-order valence-corrected chi connectivity index (χ4v) is 5.37. The fourth-order valence-electron chi connectivity index (χ4n) is 4.57. The van der Waals surface area contributed by atoms with E-state index in [0.717, 1.165) is 18.4 Å². The van der Waals surface area contributed by atoms with Crippen molar-refractivity contribution < 1.29 is 38.8 Å². The first-order valence-electron chi connectivity index (χ1n) is 13.2. The highest BCUT2D eigenvalue weighted by atomic mass is 127. The maximum atomic E-state index is 13.5. The van der Waals surface area contributed by atoms with Gasteiger partial charge in [0.1, 0.15) is 12.2 Å². The first kappa shape index (κ1) is 31.7. The van der Waals surface area contributed by atoms with Crippen molar-refractivity contribution in [3.63, 3.8) is 0 Å². The SMILES string of the molecule is C=CCCCCC(=O)N(Cc1ccoc1)C1CC(C(=O)NCCO)=CC(Oc2c(I)cc(CO)cc2OC)C1O. The molecular formula is C29H37IN2O8. The maximum Gasteiger partial charge on any atom is 0.247 e. The summed E-state index contributed by atoms with van der Waals surface area (Å²) in [4.78, 5) is 28.1. The highest BCUT2D eigenvalue weighted by molar-refractivity contribution is 14.1. The number of benzene rings is 1. The van der Waals surface area contributed by atoms with E-state index in [4.69, 9.17) is 13.9 Å². The Morgan fingerprint density at radius 3 is 2.73 bits per heavy atom. The first-order chi connectivity index (χ1) is 19.3. The Hall–Kier alpha value is -2.87. The lowest BCUT2D eigenvalue weighted by Gasteiger charge is -2.40. The highest BCUT2D eigenvalue weighted by Crippen LogP contribution is 2.37. The number of ether oxygens (including phenoxy) is 2. The topological polar surface area (TPSA) is 142 Å². The van der Waals surface area contributed by atoms with Crippen molar-refractivity contribution in [2.24, 2.45) is 0 Å². The number of hydrogen-bond donors (Lipinski definition) is 4. The molecule has 1 aliphatic carbocycles. The Kier molecular flexibility index (Phi) is 12.5. The molecule has 0 spiro atoms. The molecule has 3 unspecified atom stereocenters. The molecule has 10 nitrogen and oxygen atoms in total. The van der Waals surface area contributed by atoms with E-state index in [-0.39, 0.29) is 45.1 Å². The van der Waals surface area contributed by atoms with E-state index in [9.17, 15) is 24.9 Å². The van der Waals surface area contributed by atoms with Gasteiger partial charge in [-0.3, -0.25) is 9.59 Å². The molecule has 3 rings (SSSR count). The zero-order chi connectivity index (χ0) is 29.1. The lowest BCUT2D eigenvalue weighted by Crippen LogP contribution is -2.54. The van der Waals surface area contributed by atoms with Crippen molar-refractivity contribution in [1.82, 2.24) is 10.2 Å². The van der Waals surface area contributed by atoms with Gasteiger partial charge in [-0.15, -0.1) is 6.58 Å². The van der Waals surface area contributed by atoms with Gasteiger partial charge in [0.25, 0.3) is 0 Å². The lowest BCUT2D eigenvalue weighted by atomic mass is 9.87. The molecule has 3 atom stereocenters. The van der Waals surface area contributed by atoms with E-state index < -0.39 is 24.2 Å². The van der Waals surface area contributed by atoms with Gasteiger partial charge in [0, 0.05) is 37.1 Å². The number of unbranched alkanes of at least 4 members (excludes halogenated alkanes) is 2. The summed E-state index contributed by atoms with van der Waals surface area (Å²) in [6.07, 6.45) is 6.85. The van der Waals surface area contributed by atoms with Gasteiger partial charge in [0.2, 0.25) is 11.8 Å². The second kappa shape index (κ2) is 15.8. The molecule has 1 aromatic carbocycles. The lowest BCUT2D eigenvalue weighted by molar-refractivity contribution is -0.139. The molecule has 2 amide bonds. The number of amides is 2. The smallest absolute Gasteiger partial charge is 0.247 e. The van der Waals surface area contributed by atoms with Crippen LogP contribution in [0.25, 0.3) is 0 Å². The molecule has 11 heteroatoms. The van der Waals surface area contributed by atoms with Gasteiger partial charge < -0.3 is 39.4 Å². The third-order valence-corrected chi connectivity index (χ3v) is 7.44. The van der Waals surface area contributed by atoms with E-state index in [1.54, 1.807) is 35.4 Å². The van der Waals surface area contributed by atoms with E-state index in [1.807, 2.05) is 6.08 Å². The average Bonchev–Trinajstić information content (AvgIpc) is 3.48. The molecule has 1 aromatic heterocycles. The molecule has 40 heavy (non-hydrogen) atoms. The van der Waals surface area contributed by atoms with Crippen LogP contribution in [0, 0.1) is 3.57 Å². The Morgan fingerprint density at radius 1 is 1.27 bits per heavy atom. The third kappa shape index (κ3) is 8.32. The standard InChI is InChI=1S/C29H37IN2O8/c1-3-4-5-6-7-26(35)32(16-19-8-11-39-18-19)23-14-21(29(37)31-9-10-33)15-24(27(23)36)40-28-22(30)12-20(17-34)13-25(28)38-2/h3,8,11-13,15,18,23-24,27,33-34,36H,1,4-7,9-10,14,16-17H2,2H3,(H,31,37). The average molecular weight is 669 g/mol. The van der Waals surface area contributed by atoms with Crippen molar-refractivity contribution in [3.05, 3.63) is 69.7 Å². The molecular weight excluding hydrogens is 631 g/mol. The largest absolute Gasteiger partial charge is 0.493 e. The molecule has 0 radical (unpaired) electrons. The second-order valence-corrected chi connectivity index (χ2v) is 10.6. The van der Waals surface area contributed by atoms with E-state index in [2.05, 4.69) is 34.5 Å². The van der Waals surface area contributed by atoms with Crippen LogP contribution in [0.5, 0.6) is 11.5 Å². The van der Waals surface area contributed by atoms with E-state index in [0.29, 0.717) is 32.6 Å². The van der Waals surface area contributed by atoms with Gasteiger partial charge in [-0.25, -0.2) is 0 Å². The fraction of sp³-hybridized carbons (Fsp3) is 0.448. The normalized spacial score (nSPS) is 18.5. The third-order valence-electron chi connectivity index (χ3n) is 6.64. The molecule has 0 saturated heterocycles. The van der Waals surface area contributed by atoms with Crippen LogP contribution in [0.1, 0.15) is 43.2 Å².